The van der Waals surface area contributed by atoms with Gasteiger partial charge in [0.15, 0.2) is 11.7 Å². The Bertz CT molecular complexity index is 1280. The van der Waals surface area contributed by atoms with Crippen LogP contribution < -0.4 is 9.26 Å². The SMILES string of the molecule is CC(OP(=O)(Cl)Oc1ccccc1)=C(C(=O)OC(C)(C)C)N1C(=O)C2N=C(COc3ccccc3)SC21. The zero-order chi connectivity index (χ0) is 26.8. The number of carbonyl (C=O) groups is 2. The number of halogens is 1. The summed E-state index contributed by atoms with van der Waals surface area (Å²) in [7, 11) is 0. The first-order chi connectivity index (χ1) is 17.4. The molecule has 4 rings (SSSR count). The highest BCUT2D eigenvalue weighted by atomic mass is 35.7. The van der Waals surface area contributed by atoms with Crippen LogP contribution in [0.4, 0.5) is 0 Å². The van der Waals surface area contributed by atoms with Gasteiger partial charge in [0.1, 0.15) is 39.9 Å². The first-order valence-corrected chi connectivity index (χ1v) is 14.7. The monoisotopic (exact) mass is 564 g/mol. The molecule has 2 aliphatic heterocycles. The van der Waals surface area contributed by atoms with Crippen LogP contribution in [0.5, 0.6) is 11.5 Å². The quantitative estimate of drug-likeness (QED) is 0.124. The molecule has 37 heavy (non-hydrogen) atoms. The summed E-state index contributed by atoms with van der Waals surface area (Å²) in [6.07, 6.45) is 0. The molecule has 0 radical (unpaired) electrons. The molecule has 2 aromatic rings. The van der Waals surface area contributed by atoms with Gasteiger partial charge in [0.2, 0.25) is 0 Å². The van der Waals surface area contributed by atoms with Gasteiger partial charge in [-0.2, -0.15) is 0 Å². The lowest BCUT2D eigenvalue weighted by Gasteiger charge is -2.42. The molecule has 3 atom stereocenters. The number of rotatable bonds is 9. The second-order valence-corrected chi connectivity index (χ2v) is 12.8. The fraction of sp³-hybridized carbons (Fsp3) is 0.320. The maximum atomic E-state index is 13.2. The van der Waals surface area contributed by atoms with Crippen LogP contribution >= 0.6 is 30.0 Å². The smallest absolute Gasteiger partial charge is 0.487 e. The first kappa shape index (κ1) is 27.1. The second kappa shape index (κ2) is 10.8. The molecule has 0 saturated carbocycles. The Kier molecular flexibility index (Phi) is 7.92. The van der Waals surface area contributed by atoms with Crippen molar-refractivity contribution in [2.75, 3.05) is 6.61 Å². The molecule has 196 valence electrons. The Morgan fingerprint density at radius 2 is 1.68 bits per heavy atom. The van der Waals surface area contributed by atoms with Gasteiger partial charge in [-0.25, -0.2) is 9.36 Å². The Labute approximate surface area is 224 Å². The van der Waals surface area contributed by atoms with Crippen molar-refractivity contribution in [2.45, 2.75) is 44.7 Å². The zero-order valence-corrected chi connectivity index (χ0v) is 23.1. The molecular formula is C25H26ClN2O7PS. The molecule has 0 aromatic heterocycles. The van der Waals surface area contributed by atoms with Crippen LogP contribution in [0.1, 0.15) is 27.7 Å². The van der Waals surface area contributed by atoms with Crippen LogP contribution in [0, 0.1) is 0 Å². The summed E-state index contributed by atoms with van der Waals surface area (Å²) >= 11 is 7.35. The summed E-state index contributed by atoms with van der Waals surface area (Å²) in [5.74, 6) is -0.546. The number of aliphatic imine (C=N–C) groups is 1. The predicted octanol–water partition coefficient (Wildman–Crippen LogP) is 5.76. The van der Waals surface area contributed by atoms with Crippen molar-refractivity contribution in [3.8, 4) is 11.5 Å². The molecule has 1 amide bonds. The van der Waals surface area contributed by atoms with E-state index in [0.717, 1.165) is 0 Å². The average molecular weight is 565 g/mol. The maximum Gasteiger partial charge on any atom is 0.530 e. The number of β-lactam (4-membered cyclic amide) rings is 1. The Hall–Kier alpha value is -2.94. The van der Waals surface area contributed by atoms with Crippen LogP contribution in [0.2, 0.25) is 0 Å². The number of esters is 1. The highest BCUT2D eigenvalue weighted by molar-refractivity contribution is 8.15. The molecule has 0 N–H and O–H groups in total. The van der Waals surface area contributed by atoms with Gasteiger partial charge < -0.3 is 18.5 Å². The van der Waals surface area contributed by atoms with Crippen LogP contribution in [0.3, 0.4) is 0 Å². The molecule has 1 fully saturated rings. The van der Waals surface area contributed by atoms with Gasteiger partial charge in [0.05, 0.1) is 0 Å². The van der Waals surface area contributed by atoms with Crippen molar-refractivity contribution in [2.24, 2.45) is 4.99 Å². The Balaban J connectivity index is 1.54. The number of para-hydroxylation sites is 2. The second-order valence-electron chi connectivity index (χ2n) is 9.12. The minimum absolute atomic E-state index is 0.172. The number of carbonyl (C=O) groups excluding carboxylic acids is 2. The lowest BCUT2D eigenvalue weighted by Crippen LogP contribution is -2.61. The third kappa shape index (κ3) is 6.69. The van der Waals surface area contributed by atoms with E-state index < -0.39 is 35.8 Å². The fourth-order valence-electron chi connectivity index (χ4n) is 3.55. The largest absolute Gasteiger partial charge is 0.530 e. The Morgan fingerprint density at radius 1 is 1.08 bits per heavy atom. The first-order valence-electron chi connectivity index (χ1n) is 11.4. The molecule has 0 aliphatic carbocycles. The topological polar surface area (TPSA) is 104 Å². The zero-order valence-electron chi connectivity index (χ0n) is 20.6. The van der Waals surface area contributed by atoms with E-state index in [0.29, 0.717) is 10.8 Å². The minimum atomic E-state index is -4.23. The van der Waals surface area contributed by atoms with Crippen molar-refractivity contribution in [3.63, 3.8) is 0 Å². The van der Waals surface area contributed by atoms with Gasteiger partial charge >= 0.3 is 12.9 Å². The van der Waals surface area contributed by atoms with Gasteiger partial charge in [0, 0.05) is 11.2 Å². The standard InChI is InChI=1S/C25H26ClN2O7PS/c1-16(34-36(26,31)35-18-13-9-6-10-14-18)21(24(30)33-25(2,3)4)28-22(29)20-23(28)37-19(27-20)15-32-17-11-7-5-8-12-17/h5-14,20,23H,15H2,1-4H3. The number of amides is 1. The molecule has 2 aromatic carbocycles. The number of hydrogen-bond donors (Lipinski definition) is 0. The summed E-state index contributed by atoms with van der Waals surface area (Å²) in [6, 6.07) is 16.8. The summed E-state index contributed by atoms with van der Waals surface area (Å²) < 4.78 is 34.9. The number of benzene rings is 2. The molecule has 9 nitrogen and oxygen atoms in total. The summed E-state index contributed by atoms with van der Waals surface area (Å²) in [4.78, 5) is 32.0. The van der Waals surface area contributed by atoms with E-state index in [1.165, 1.54) is 23.6 Å². The number of thioether (sulfide) groups is 1. The van der Waals surface area contributed by atoms with Crippen LogP contribution in [-0.2, 0) is 23.4 Å². The Morgan fingerprint density at radius 3 is 2.27 bits per heavy atom. The number of nitrogens with zero attached hydrogens (tertiary/aromatic N) is 2. The van der Waals surface area contributed by atoms with E-state index in [9.17, 15) is 14.2 Å². The van der Waals surface area contributed by atoms with Gasteiger partial charge in [-0.15, -0.1) is 0 Å². The number of likely N-dealkylation sites (tertiary alicyclic amines) is 1. The highest BCUT2D eigenvalue weighted by Gasteiger charge is 2.56. The highest BCUT2D eigenvalue weighted by Crippen LogP contribution is 2.56. The van der Waals surface area contributed by atoms with E-state index in [-0.39, 0.29) is 23.8 Å². The minimum Gasteiger partial charge on any atom is -0.487 e. The van der Waals surface area contributed by atoms with Gasteiger partial charge in [0.25, 0.3) is 5.91 Å². The van der Waals surface area contributed by atoms with Gasteiger partial charge in [-0.1, -0.05) is 48.2 Å². The van der Waals surface area contributed by atoms with E-state index in [1.54, 1.807) is 51.1 Å². The fourth-order valence-corrected chi connectivity index (χ4v) is 6.13. The third-order valence-corrected chi connectivity index (χ3v) is 7.57. The number of allylic oxidation sites excluding steroid dienone is 1. The van der Waals surface area contributed by atoms with E-state index in [2.05, 4.69) is 4.99 Å². The summed E-state index contributed by atoms with van der Waals surface area (Å²) in [5, 5.41) is 0.0833. The van der Waals surface area contributed by atoms with Crippen LogP contribution in [0.25, 0.3) is 0 Å². The third-order valence-electron chi connectivity index (χ3n) is 5.03. The molecule has 3 unspecified atom stereocenters. The van der Waals surface area contributed by atoms with Crippen LogP contribution in [0.15, 0.2) is 77.1 Å². The van der Waals surface area contributed by atoms with E-state index >= 15 is 0 Å². The molecular weight excluding hydrogens is 539 g/mol. The van der Waals surface area contributed by atoms with Crippen molar-refractivity contribution in [1.82, 2.24) is 4.90 Å². The lowest BCUT2D eigenvalue weighted by atomic mass is 10.1. The number of ether oxygens (including phenoxy) is 2. The van der Waals surface area contributed by atoms with Crippen molar-refractivity contribution in [1.29, 1.82) is 0 Å². The van der Waals surface area contributed by atoms with Crippen LogP contribution in [-0.4, -0.2) is 45.4 Å². The molecule has 2 aliphatic rings. The van der Waals surface area contributed by atoms with Gasteiger partial charge in [-0.3, -0.25) is 14.7 Å². The molecule has 1 saturated heterocycles. The normalized spacial score (nSPS) is 21.1. The van der Waals surface area contributed by atoms with E-state index in [4.69, 9.17) is 29.8 Å². The predicted molar refractivity (Wildman–Crippen MR) is 142 cm³/mol. The lowest BCUT2D eigenvalue weighted by molar-refractivity contribution is -0.158. The molecule has 0 spiro atoms. The molecule has 12 heteroatoms. The maximum absolute atomic E-state index is 13.2. The van der Waals surface area contributed by atoms with E-state index in [1.807, 2.05) is 30.3 Å². The van der Waals surface area contributed by atoms with Crippen molar-refractivity contribution >= 4 is 46.9 Å². The number of hydrogen-bond acceptors (Lipinski definition) is 9. The molecule has 2 heterocycles. The summed E-state index contributed by atoms with van der Waals surface area (Å²) in [5.41, 5.74) is -1.08. The number of fused-ring (bicyclic) bond motifs is 1. The van der Waals surface area contributed by atoms with Crippen molar-refractivity contribution in [3.05, 3.63) is 72.1 Å². The average Bonchev–Trinajstić information content (AvgIpc) is 3.19. The summed E-state index contributed by atoms with van der Waals surface area (Å²) in [6.45, 7) is 2.39. The van der Waals surface area contributed by atoms with Crippen molar-refractivity contribution < 1.29 is 32.7 Å². The van der Waals surface area contributed by atoms with Gasteiger partial charge in [-0.05, 0) is 52.0 Å². The molecule has 0 bridgehead atoms.